The summed E-state index contributed by atoms with van der Waals surface area (Å²) in [6.07, 6.45) is 2.84. The first-order valence-electron chi connectivity index (χ1n) is 7.99. The molecular formula is C19H18BrClN2O5. The molecule has 0 aliphatic carbocycles. The minimum atomic E-state index is -0.535. The number of nitrogens with one attached hydrogen (secondary N) is 2. The highest BCUT2D eigenvalue weighted by Crippen LogP contribution is 2.28. The van der Waals surface area contributed by atoms with Crippen LogP contribution in [0.3, 0.4) is 0 Å². The number of benzene rings is 2. The van der Waals surface area contributed by atoms with Gasteiger partial charge < -0.3 is 14.2 Å². The van der Waals surface area contributed by atoms with Crippen molar-refractivity contribution in [2.24, 2.45) is 0 Å². The summed E-state index contributed by atoms with van der Waals surface area (Å²) in [5.74, 6) is 0.445. The maximum atomic E-state index is 11.8. The fourth-order valence-corrected chi connectivity index (χ4v) is 2.80. The summed E-state index contributed by atoms with van der Waals surface area (Å²) in [7, 11) is 3.06. The lowest BCUT2D eigenvalue weighted by atomic mass is 10.2. The summed E-state index contributed by atoms with van der Waals surface area (Å²) in [6.45, 7) is -0.305. The molecule has 2 aromatic carbocycles. The Morgan fingerprint density at radius 3 is 2.43 bits per heavy atom. The Balaban J connectivity index is 1.81. The van der Waals surface area contributed by atoms with Crippen LogP contribution in [0, 0.1) is 0 Å². The monoisotopic (exact) mass is 468 g/mol. The molecule has 2 aromatic rings. The molecule has 9 heteroatoms. The number of ether oxygens (including phenoxy) is 3. The van der Waals surface area contributed by atoms with E-state index in [4.69, 9.17) is 25.8 Å². The summed E-state index contributed by atoms with van der Waals surface area (Å²) < 4.78 is 16.4. The Labute approximate surface area is 175 Å². The molecule has 2 N–H and O–H groups in total. The molecule has 0 radical (unpaired) electrons. The second kappa shape index (κ2) is 10.6. The van der Waals surface area contributed by atoms with E-state index < -0.39 is 11.8 Å². The Bertz CT molecular complexity index is 889. The zero-order chi connectivity index (χ0) is 20.5. The van der Waals surface area contributed by atoms with Crippen LogP contribution in [0.25, 0.3) is 6.08 Å². The van der Waals surface area contributed by atoms with E-state index in [9.17, 15) is 9.59 Å². The van der Waals surface area contributed by atoms with Crippen molar-refractivity contribution in [3.05, 3.63) is 57.5 Å². The van der Waals surface area contributed by atoms with Gasteiger partial charge in [0.05, 0.1) is 19.2 Å². The summed E-state index contributed by atoms with van der Waals surface area (Å²) >= 11 is 9.28. The van der Waals surface area contributed by atoms with Crippen molar-refractivity contribution in [3.8, 4) is 17.2 Å². The highest BCUT2D eigenvalue weighted by atomic mass is 79.9. The lowest BCUT2D eigenvalue weighted by Crippen LogP contribution is -2.43. The van der Waals surface area contributed by atoms with E-state index in [1.807, 2.05) is 0 Å². The molecule has 2 amide bonds. The fourth-order valence-electron chi connectivity index (χ4n) is 2.07. The number of halogens is 2. The Hall–Kier alpha value is -2.71. The van der Waals surface area contributed by atoms with Gasteiger partial charge in [0.15, 0.2) is 18.1 Å². The number of hydrogen-bond donors (Lipinski definition) is 2. The van der Waals surface area contributed by atoms with Gasteiger partial charge in [-0.3, -0.25) is 20.4 Å². The maximum Gasteiger partial charge on any atom is 0.276 e. The third-order valence-corrected chi connectivity index (χ3v) is 4.20. The van der Waals surface area contributed by atoms with Crippen molar-refractivity contribution in [1.82, 2.24) is 10.9 Å². The molecule has 0 saturated carbocycles. The predicted molar refractivity (Wildman–Crippen MR) is 110 cm³/mol. The summed E-state index contributed by atoms with van der Waals surface area (Å²) in [6, 6.07) is 10.2. The van der Waals surface area contributed by atoms with Crippen LogP contribution in [0.2, 0.25) is 5.02 Å². The third kappa shape index (κ3) is 6.47. The summed E-state index contributed by atoms with van der Waals surface area (Å²) in [4.78, 5) is 23.6. The minimum absolute atomic E-state index is 0.305. The second-order valence-corrected chi connectivity index (χ2v) is 6.67. The van der Waals surface area contributed by atoms with E-state index >= 15 is 0 Å². The molecule has 0 spiro atoms. The molecule has 2 rings (SSSR count). The van der Waals surface area contributed by atoms with Gasteiger partial charge in [-0.25, -0.2) is 0 Å². The van der Waals surface area contributed by atoms with E-state index in [1.165, 1.54) is 20.3 Å². The molecule has 7 nitrogen and oxygen atoms in total. The van der Waals surface area contributed by atoms with Crippen molar-refractivity contribution in [2.75, 3.05) is 20.8 Å². The molecule has 0 aromatic heterocycles. The van der Waals surface area contributed by atoms with Crippen molar-refractivity contribution in [2.45, 2.75) is 0 Å². The van der Waals surface area contributed by atoms with E-state index in [1.54, 1.807) is 42.5 Å². The first kappa shape index (κ1) is 21.6. The number of rotatable bonds is 7. The average Bonchev–Trinajstić information content (AvgIpc) is 2.69. The SMILES string of the molecule is COc1ccc(/C=C/C(=O)NNC(=O)COc2ccc(Br)cc2Cl)cc1OC. The van der Waals surface area contributed by atoms with Gasteiger partial charge in [0.1, 0.15) is 5.75 Å². The largest absolute Gasteiger partial charge is 0.493 e. The standard InChI is InChI=1S/C19H18BrClN2O5/c1-26-16-6-3-12(9-17(16)27-2)4-8-18(24)22-23-19(25)11-28-15-7-5-13(20)10-14(15)21/h3-10H,11H2,1-2H3,(H,22,24)(H,23,25)/b8-4+. The number of carbonyl (C=O) groups is 2. The molecule has 148 valence electrons. The van der Waals surface area contributed by atoms with Gasteiger partial charge in [0.2, 0.25) is 0 Å². The molecule has 0 atom stereocenters. The van der Waals surface area contributed by atoms with Gasteiger partial charge in [0.25, 0.3) is 11.8 Å². The average molecular weight is 470 g/mol. The number of hydrogen-bond acceptors (Lipinski definition) is 5. The highest BCUT2D eigenvalue weighted by molar-refractivity contribution is 9.10. The van der Waals surface area contributed by atoms with Crippen LogP contribution in [0.5, 0.6) is 17.2 Å². The highest BCUT2D eigenvalue weighted by Gasteiger charge is 2.07. The first-order valence-corrected chi connectivity index (χ1v) is 9.17. The Morgan fingerprint density at radius 2 is 1.75 bits per heavy atom. The molecule has 0 saturated heterocycles. The second-order valence-electron chi connectivity index (χ2n) is 5.35. The number of amides is 2. The topological polar surface area (TPSA) is 85.9 Å². The third-order valence-electron chi connectivity index (χ3n) is 3.41. The van der Waals surface area contributed by atoms with E-state index in [0.717, 1.165) is 10.0 Å². The zero-order valence-electron chi connectivity index (χ0n) is 15.1. The molecule has 0 fully saturated rings. The number of carbonyl (C=O) groups excluding carboxylic acids is 2. The molecular weight excluding hydrogens is 452 g/mol. The van der Waals surface area contributed by atoms with Crippen molar-refractivity contribution in [3.63, 3.8) is 0 Å². The fraction of sp³-hybridized carbons (Fsp3) is 0.158. The molecule has 0 aliphatic rings. The molecule has 28 heavy (non-hydrogen) atoms. The Morgan fingerprint density at radius 1 is 1.04 bits per heavy atom. The van der Waals surface area contributed by atoms with Crippen molar-refractivity contribution >= 4 is 45.4 Å². The number of hydrazine groups is 1. The van der Waals surface area contributed by atoms with Crippen LogP contribution in [0.1, 0.15) is 5.56 Å². The van der Waals surface area contributed by atoms with Crippen LogP contribution in [0.15, 0.2) is 46.9 Å². The molecule has 0 heterocycles. The molecule has 0 aliphatic heterocycles. The minimum Gasteiger partial charge on any atom is -0.493 e. The van der Waals surface area contributed by atoms with Crippen LogP contribution in [-0.4, -0.2) is 32.6 Å². The van der Waals surface area contributed by atoms with Crippen LogP contribution in [-0.2, 0) is 9.59 Å². The van der Waals surface area contributed by atoms with Gasteiger partial charge in [-0.15, -0.1) is 0 Å². The quantitative estimate of drug-likeness (QED) is 0.480. The smallest absolute Gasteiger partial charge is 0.276 e. The maximum absolute atomic E-state index is 11.8. The molecule has 0 unspecified atom stereocenters. The van der Waals surface area contributed by atoms with Crippen LogP contribution in [0.4, 0.5) is 0 Å². The predicted octanol–water partition coefficient (Wildman–Crippen LogP) is 3.36. The van der Waals surface area contributed by atoms with E-state index in [-0.39, 0.29) is 6.61 Å². The van der Waals surface area contributed by atoms with Crippen LogP contribution >= 0.6 is 27.5 Å². The lowest BCUT2D eigenvalue weighted by molar-refractivity contribution is -0.128. The summed E-state index contributed by atoms with van der Waals surface area (Å²) in [5.41, 5.74) is 5.24. The van der Waals surface area contributed by atoms with Gasteiger partial charge in [0, 0.05) is 10.5 Å². The molecule has 0 bridgehead atoms. The van der Waals surface area contributed by atoms with Crippen molar-refractivity contribution in [1.29, 1.82) is 0 Å². The van der Waals surface area contributed by atoms with Gasteiger partial charge in [-0.1, -0.05) is 33.6 Å². The van der Waals surface area contributed by atoms with Gasteiger partial charge in [-0.2, -0.15) is 0 Å². The normalized spacial score (nSPS) is 10.4. The van der Waals surface area contributed by atoms with Gasteiger partial charge in [-0.05, 0) is 42.0 Å². The van der Waals surface area contributed by atoms with Crippen LogP contribution < -0.4 is 25.1 Å². The van der Waals surface area contributed by atoms with E-state index in [0.29, 0.717) is 22.3 Å². The summed E-state index contributed by atoms with van der Waals surface area (Å²) in [5, 5.41) is 0.365. The van der Waals surface area contributed by atoms with Gasteiger partial charge >= 0.3 is 0 Å². The first-order chi connectivity index (χ1) is 13.4. The Kier molecular flexibility index (Phi) is 8.16. The van der Waals surface area contributed by atoms with Crippen molar-refractivity contribution < 1.29 is 23.8 Å². The van der Waals surface area contributed by atoms with E-state index in [2.05, 4.69) is 26.8 Å². The zero-order valence-corrected chi connectivity index (χ0v) is 17.5. The number of methoxy groups -OCH3 is 2. The lowest BCUT2D eigenvalue weighted by Gasteiger charge is -2.09.